The highest BCUT2D eigenvalue weighted by molar-refractivity contribution is 5.44. The van der Waals surface area contributed by atoms with Crippen LogP contribution in [0.15, 0.2) is 36.8 Å². The first-order valence-electron chi connectivity index (χ1n) is 3.93. The summed E-state index contributed by atoms with van der Waals surface area (Å²) < 4.78 is 35.7. The Hall–Kier alpha value is -1.51. The number of halogens is 1. The summed E-state index contributed by atoms with van der Waals surface area (Å²) in [6.45, 7) is 0. The smallest absolute Gasteiger partial charge is 0.369 e. The third-order valence-electron chi connectivity index (χ3n) is 1.50. The molecule has 0 atom stereocenters. The summed E-state index contributed by atoms with van der Waals surface area (Å²) in [5.41, 5.74) is 0.579. The van der Waals surface area contributed by atoms with Gasteiger partial charge in [-0.3, -0.25) is 0 Å². The fourth-order valence-corrected chi connectivity index (χ4v) is 1.00. The number of hydrogen-bond acceptors (Lipinski definition) is 6. The van der Waals surface area contributed by atoms with Crippen LogP contribution < -0.4 is 23.0 Å². The Balaban J connectivity index is 0.000000221. The molecule has 2 heterocycles. The van der Waals surface area contributed by atoms with Gasteiger partial charge in [0, 0.05) is 6.07 Å². The lowest BCUT2D eigenvalue weighted by Crippen LogP contribution is -2.68. The number of fused-ring (bicyclic) bond motifs is 1. The van der Waals surface area contributed by atoms with Crippen LogP contribution in [0.1, 0.15) is 0 Å². The zero-order valence-corrected chi connectivity index (χ0v) is 8.57. The Bertz CT molecular complexity index is 462. The van der Waals surface area contributed by atoms with Gasteiger partial charge in [0.25, 0.3) is 0 Å². The Kier molecular flexibility index (Phi) is 3.93. The van der Waals surface area contributed by atoms with Gasteiger partial charge in [0.2, 0.25) is 5.75 Å². The molecule has 16 heavy (non-hydrogen) atoms. The van der Waals surface area contributed by atoms with E-state index in [4.69, 9.17) is 18.6 Å². The maximum atomic E-state index is 9.29. The van der Waals surface area contributed by atoms with E-state index in [1.54, 1.807) is 22.7 Å². The average molecular weight is 247 g/mol. The van der Waals surface area contributed by atoms with E-state index in [-0.39, 0.29) is 5.75 Å². The van der Waals surface area contributed by atoms with Gasteiger partial charge in [-0.25, -0.2) is 18.6 Å². The third kappa shape index (κ3) is 4.34. The Morgan fingerprint density at radius 2 is 1.69 bits per heavy atom. The molecule has 8 heteroatoms. The van der Waals surface area contributed by atoms with Crippen molar-refractivity contribution in [3.63, 3.8) is 0 Å². The van der Waals surface area contributed by atoms with E-state index >= 15 is 0 Å². The summed E-state index contributed by atoms with van der Waals surface area (Å²) in [4.78, 5) is 3.99. The van der Waals surface area contributed by atoms with Gasteiger partial charge in [0.1, 0.15) is 6.20 Å². The topological polar surface area (TPSA) is 129 Å². The zero-order valence-electron chi connectivity index (χ0n) is 7.82. The number of nitrogens with zero attached hydrogens (tertiary/aromatic N) is 2. The second kappa shape index (κ2) is 5.01. The Morgan fingerprint density at radius 3 is 2.25 bits per heavy atom. The standard InChI is InChI=1S/C8H6N2O.ClHO4/c11-7-3-1-5-10-6-2-4-9-8(7)10;2-1(3,4)5/h1-6H;(H,2,3,4,5). The summed E-state index contributed by atoms with van der Waals surface area (Å²) in [6, 6.07) is 5.19. The molecule has 0 aliphatic carbocycles. The van der Waals surface area contributed by atoms with Crippen LogP contribution in [0.2, 0.25) is 0 Å². The van der Waals surface area contributed by atoms with Gasteiger partial charge in [-0.1, -0.05) is 0 Å². The van der Waals surface area contributed by atoms with Gasteiger partial charge in [0.15, 0.2) is 0 Å². The van der Waals surface area contributed by atoms with Crippen molar-refractivity contribution in [1.29, 1.82) is 0 Å². The molecule has 86 valence electrons. The molecule has 0 radical (unpaired) electrons. The van der Waals surface area contributed by atoms with Crippen LogP contribution in [0.3, 0.4) is 0 Å². The van der Waals surface area contributed by atoms with Crippen molar-refractivity contribution in [1.82, 2.24) is 4.98 Å². The van der Waals surface area contributed by atoms with E-state index in [1.165, 1.54) is 0 Å². The number of rotatable bonds is 0. The second-order valence-corrected chi connectivity index (χ2v) is 3.38. The van der Waals surface area contributed by atoms with Crippen molar-refractivity contribution in [2.45, 2.75) is 0 Å². The van der Waals surface area contributed by atoms with Crippen molar-refractivity contribution < 1.29 is 38.4 Å². The van der Waals surface area contributed by atoms with Gasteiger partial charge in [-0.05, 0) is 17.1 Å². The molecule has 0 spiro atoms. The van der Waals surface area contributed by atoms with Crippen molar-refractivity contribution in [3.8, 4) is 5.75 Å². The molecule has 0 saturated carbocycles. The molecule has 0 fully saturated rings. The molecule has 0 amide bonds. The third-order valence-corrected chi connectivity index (χ3v) is 1.50. The summed E-state index contributed by atoms with van der Waals surface area (Å²) >= 11 is 0. The van der Waals surface area contributed by atoms with Crippen molar-refractivity contribution in [2.75, 3.05) is 0 Å². The second-order valence-electron chi connectivity index (χ2n) is 2.62. The van der Waals surface area contributed by atoms with E-state index in [0.717, 1.165) is 0 Å². The maximum absolute atomic E-state index is 9.29. The molecule has 0 saturated heterocycles. The lowest BCUT2D eigenvalue weighted by molar-refractivity contribution is -2.00. The van der Waals surface area contributed by atoms with Crippen LogP contribution in [0.5, 0.6) is 5.75 Å². The number of aromatic hydroxyl groups is 1. The summed E-state index contributed by atoms with van der Waals surface area (Å²) in [5.74, 6) is 0.202. The summed E-state index contributed by atoms with van der Waals surface area (Å²) in [7, 11) is -4.94. The molecule has 2 rings (SSSR count). The first kappa shape index (κ1) is 12.6. The number of hydrogen-bond donors (Lipinski definition) is 1. The van der Waals surface area contributed by atoms with Crippen LogP contribution in [0.4, 0.5) is 0 Å². The lowest BCUT2D eigenvalue weighted by atomic mass is 10.4. The van der Waals surface area contributed by atoms with E-state index in [1.807, 2.05) is 18.5 Å². The van der Waals surface area contributed by atoms with Crippen LogP contribution in [-0.4, -0.2) is 10.1 Å². The molecular formula is C8H7ClN2O5. The normalized spacial score (nSPS) is 10.8. The SMILES string of the molecule is Oc1ccc[n+]2cccnc12.[O-][Cl+3]([O-])([O-])[O-]. The number of pyridine rings is 1. The minimum absolute atomic E-state index is 0.202. The molecule has 1 N–H and O–H groups in total. The van der Waals surface area contributed by atoms with E-state index in [2.05, 4.69) is 4.98 Å². The highest BCUT2D eigenvalue weighted by atomic mass is 35.7. The van der Waals surface area contributed by atoms with E-state index in [0.29, 0.717) is 5.65 Å². The lowest BCUT2D eigenvalue weighted by Gasteiger charge is -2.17. The monoisotopic (exact) mass is 246 g/mol. The van der Waals surface area contributed by atoms with Gasteiger partial charge in [0.05, 0.1) is 12.4 Å². The first-order chi connectivity index (χ1) is 7.38. The molecule has 2 aromatic heterocycles. The molecule has 7 nitrogen and oxygen atoms in total. The highest BCUT2D eigenvalue weighted by Crippen LogP contribution is 2.08. The molecule has 0 aliphatic heterocycles. The molecule has 0 bridgehead atoms. The minimum atomic E-state index is -4.94. The molecular weight excluding hydrogens is 240 g/mol. The van der Waals surface area contributed by atoms with Gasteiger partial charge >= 0.3 is 5.65 Å². The maximum Gasteiger partial charge on any atom is 0.369 e. The fraction of sp³-hybridized carbons (Fsp3) is 0. The van der Waals surface area contributed by atoms with Crippen LogP contribution >= 0.6 is 0 Å². The fourth-order valence-electron chi connectivity index (χ4n) is 1.00. The van der Waals surface area contributed by atoms with Crippen LogP contribution in [0.25, 0.3) is 5.65 Å². The van der Waals surface area contributed by atoms with E-state index < -0.39 is 10.2 Å². The van der Waals surface area contributed by atoms with Crippen LogP contribution in [0, 0.1) is 10.2 Å². The minimum Gasteiger partial charge on any atom is -0.501 e. The van der Waals surface area contributed by atoms with Gasteiger partial charge < -0.3 is 5.11 Å². The molecule has 0 unspecified atom stereocenters. The molecule has 2 aromatic rings. The molecule has 0 aliphatic rings. The Morgan fingerprint density at radius 1 is 1.12 bits per heavy atom. The zero-order chi connectivity index (χ0) is 12.2. The largest absolute Gasteiger partial charge is 0.501 e. The Labute approximate surface area is 92.2 Å². The van der Waals surface area contributed by atoms with Crippen molar-refractivity contribution >= 4 is 5.65 Å². The number of aromatic nitrogens is 2. The highest BCUT2D eigenvalue weighted by Gasteiger charge is 2.05. The van der Waals surface area contributed by atoms with E-state index in [9.17, 15) is 5.11 Å². The van der Waals surface area contributed by atoms with Crippen LogP contribution in [-0.2, 0) is 0 Å². The summed E-state index contributed by atoms with van der Waals surface area (Å²) in [6.07, 6.45) is 5.32. The first-order valence-corrected chi connectivity index (χ1v) is 5.17. The van der Waals surface area contributed by atoms with Gasteiger partial charge in [-0.15, -0.1) is 10.2 Å². The summed E-state index contributed by atoms with van der Waals surface area (Å²) in [5, 5.41) is 9.29. The average Bonchev–Trinajstić information content (AvgIpc) is 2.16. The predicted octanol–water partition coefficient (Wildman–Crippen LogP) is -4.23. The van der Waals surface area contributed by atoms with Gasteiger partial charge in [-0.2, -0.15) is 4.40 Å². The predicted molar refractivity (Wildman–Crippen MR) is 39.1 cm³/mol. The van der Waals surface area contributed by atoms with Crippen molar-refractivity contribution in [2.24, 2.45) is 0 Å². The van der Waals surface area contributed by atoms with Crippen molar-refractivity contribution in [3.05, 3.63) is 36.8 Å². The quantitative estimate of drug-likeness (QED) is 0.469. The molecule has 0 aromatic carbocycles.